The molecule has 4 heteroatoms. The quantitative estimate of drug-likeness (QED) is 0.632. The molecule has 0 bridgehead atoms. The lowest BCUT2D eigenvalue weighted by atomic mass is 10.0. The predicted octanol–water partition coefficient (Wildman–Crippen LogP) is 0.823. The van der Waals surface area contributed by atoms with Crippen molar-refractivity contribution in [2.45, 2.75) is 12.8 Å². The molecule has 1 atom stereocenters. The highest BCUT2D eigenvalue weighted by Gasteiger charge is 2.15. The van der Waals surface area contributed by atoms with Crippen molar-refractivity contribution in [3.63, 3.8) is 0 Å². The standard InChI is InChI=1S/C7H14O3S/c1-11-5-3-6(2-4-8)7(9)10/h6,8H,2-5H2,1H3,(H,9,10). The molecule has 0 radical (unpaired) electrons. The van der Waals surface area contributed by atoms with E-state index in [4.69, 9.17) is 10.2 Å². The van der Waals surface area contributed by atoms with Crippen molar-refractivity contribution in [3.05, 3.63) is 0 Å². The lowest BCUT2D eigenvalue weighted by molar-refractivity contribution is -0.142. The molecule has 1 unspecified atom stereocenters. The van der Waals surface area contributed by atoms with Crippen LogP contribution in [0.2, 0.25) is 0 Å². The molecule has 0 fully saturated rings. The molecule has 66 valence electrons. The first-order chi connectivity index (χ1) is 5.22. The fourth-order valence-corrected chi connectivity index (χ4v) is 1.33. The largest absolute Gasteiger partial charge is 0.481 e. The minimum absolute atomic E-state index is 0.0364. The number of hydrogen-bond acceptors (Lipinski definition) is 3. The molecule has 0 saturated carbocycles. The molecular formula is C7H14O3S. The number of aliphatic hydroxyl groups excluding tert-OH is 1. The van der Waals surface area contributed by atoms with Gasteiger partial charge in [-0.3, -0.25) is 4.79 Å². The first-order valence-electron chi connectivity index (χ1n) is 3.55. The van der Waals surface area contributed by atoms with E-state index in [1.165, 1.54) is 0 Å². The summed E-state index contributed by atoms with van der Waals surface area (Å²) in [4.78, 5) is 10.5. The average molecular weight is 178 g/mol. The van der Waals surface area contributed by atoms with Gasteiger partial charge in [0, 0.05) is 6.61 Å². The highest BCUT2D eigenvalue weighted by atomic mass is 32.2. The van der Waals surface area contributed by atoms with Crippen LogP contribution in [-0.4, -0.2) is 34.8 Å². The van der Waals surface area contributed by atoms with Gasteiger partial charge >= 0.3 is 5.97 Å². The van der Waals surface area contributed by atoms with Crippen LogP contribution in [0.1, 0.15) is 12.8 Å². The number of hydrogen-bond donors (Lipinski definition) is 2. The molecule has 0 aromatic carbocycles. The summed E-state index contributed by atoms with van der Waals surface area (Å²) in [6.07, 6.45) is 2.96. The molecule has 0 aliphatic rings. The second-order valence-electron chi connectivity index (χ2n) is 2.33. The molecule has 0 spiro atoms. The minimum Gasteiger partial charge on any atom is -0.481 e. The highest BCUT2D eigenvalue weighted by Crippen LogP contribution is 2.11. The summed E-state index contributed by atoms with van der Waals surface area (Å²) in [5, 5.41) is 17.1. The van der Waals surface area contributed by atoms with Crippen molar-refractivity contribution in [2.75, 3.05) is 18.6 Å². The Kier molecular flexibility index (Phi) is 6.36. The van der Waals surface area contributed by atoms with Crippen molar-refractivity contribution < 1.29 is 15.0 Å². The summed E-state index contributed by atoms with van der Waals surface area (Å²) >= 11 is 1.63. The molecule has 0 aliphatic heterocycles. The van der Waals surface area contributed by atoms with E-state index in [0.29, 0.717) is 12.8 Å². The number of carboxylic acid groups (broad SMARTS) is 1. The molecule has 0 amide bonds. The molecule has 0 heterocycles. The smallest absolute Gasteiger partial charge is 0.306 e. The monoisotopic (exact) mass is 178 g/mol. The van der Waals surface area contributed by atoms with Crippen LogP contribution in [0.25, 0.3) is 0 Å². The Bertz CT molecular complexity index is 116. The predicted molar refractivity (Wildman–Crippen MR) is 45.8 cm³/mol. The van der Waals surface area contributed by atoms with Crippen LogP contribution in [0.4, 0.5) is 0 Å². The van der Waals surface area contributed by atoms with Crippen LogP contribution in [0.5, 0.6) is 0 Å². The third-order valence-corrected chi connectivity index (χ3v) is 2.14. The van der Waals surface area contributed by atoms with E-state index < -0.39 is 5.97 Å². The molecule has 0 aromatic rings. The van der Waals surface area contributed by atoms with Crippen LogP contribution in [0, 0.1) is 5.92 Å². The molecule has 0 aromatic heterocycles. The molecule has 11 heavy (non-hydrogen) atoms. The SMILES string of the molecule is CSCCC(CCO)C(=O)O. The summed E-state index contributed by atoms with van der Waals surface area (Å²) < 4.78 is 0. The lowest BCUT2D eigenvalue weighted by Gasteiger charge is -2.08. The molecule has 0 aliphatic carbocycles. The fourth-order valence-electron chi connectivity index (χ4n) is 0.807. The lowest BCUT2D eigenvalue weighted by Crippen LogP contribution is -2.15. The second kappa shape index (κ2) is 6.49. The van der Waals surface area contributed by atoms with Gasteiger partial charge < -0.3 is 10.2 Å². The zero-order valence-corrected chi connectivity index (χ0v) is 7.43. The van der Waals surface area contributed by atoms with Gasteiger partial charge in [0.1, 0.15) is 0 Å². The van der Waals surface area contributed by atoms with Gasteiger partial charge in [0.25, 0.3) is 0 Å². The van der Waals surface area contributed by atoms with E-state index in [1.807, 2.05) is 6.26 Å². The van der Waals surface area contributed by atoms with Crippen molar-refractivity contribution in [1.29, 1.82) is 0 Å². The summed E-state index contributed by atoms with van der Waals surface area (Å²) in [6, 6.07) is 0. The normalized spacial score (nSPS) is 12.9. The van der Waals surface area contributed by atoms with E-state index in [2.05, 4.69) is 0 Å². The molecule has 3 nitrogen and oxygen atoms in total. The second-order valence-corrected chi connectivity index (χ2v) is 3.31. The van der Waals surface area contributed by atoms with Crippen LogP contribution in [0.3, 0.4) is 0 Å². The van der Waals surface area contributed by atoms with Crippen molar-refractivity contribution in [1.82, 2.24) is 0 Å². The summed E-state index contributed by atoms with van der Waals surface area (Å²) in [7, 11) is 0. The van der Waals surface area contributed by atoms with Gasteiger partial charge in [-0.15, -0.1) is 0 Å². The zero-order chi connectivity index (χ0) is 8.69. The van der Waals surface area contributed by atoms with E-state index in [9.17, 15) is 4.79 Å². The highest BCUT2D eigenvalue weighted by molar-refractivity contribution is 7.98. The summed E-state index contributed by atoms with van der Waals surface area (Å²) in [6.45, 7) is -0.0364. The average Bonchev–Trinajstić information content (AvgIpc) is 1.97. The Morgan fingerprint density at radius 2 is 2.18 bits per heavy atom. The van der Waals surface area contributed by atoms with Gasteiger partial charge in [0.2, 0.25) is 0 Å². The van der Waals surface area contributed by atoms with Gasteiger partial charge in [-0.2, -0.15) is 11.8 Å². The molecule has 0 rings (SSSR count). The van der Waals surface area contributed by atoms with Crippen LogP contribution in [0.15, 0.2) is 0 Å². The topological polar surface area (TPSA) is 57.5 Å². The van der Waals surface area contributed by atoms with Gasteiger partial charge in [-0.05, 0) is 24.9 Å². The Balaban J connectivity index is 3.60. The summed E-state index contributed by atoms with van der Waals surface area (Å²) in [5.41, 5.74) is 0. The van der Waals surface area contributed by atoms with E-state index >= 15 is 0 Å². The minimum atomic E-state index is -0.798. The summed E-state index contributed by atoms with van der Waals surface area (Å²) in [5.74, 6) is -0.322. The van der Waals surface area contributed by atoms with Gasteiger partial charge in [-0.25, -0.2) is 0 Å². The number of rotatable bonds is 6. The first-order valence-corrected chi connectivity index (χ1v) is 4.94. The van der Waals surface area contributed by atoms with Gasteiger partial charge in [0.15, 0.2) is 0 Å². The third-order valence-electron chi connectivity index (χ3n) is 1.50. The number of thioether (sulfide) groups is 1. The van der Waals surface area contributed by atoms with Crippen molar-refractivity contribution >= 4 is 17.7 Å². The van der Waals surface area contributed by atoms with Crippen LogP contribution < -0.4 is 0 Å². The van der Waals surface area contributed by atoms with Crippen molar-refractivity contribution in [2.24, 2.45) is 5.92 Å². The van der Waals surface area contributed by atoms with Gasteiger partial charge in [0.05, 0.1) is 5.92 Å². The van der Waals surface area contributed by atoms with Crippen LogP contribution in [-0.2, 0) is 4.79 Å². The Morgan fingerprint density at radius 1 is 1.55 bits per heavy atom. The van der Waals surface area contributed by atoms with E-state index in [-0.39, 0.29) is 12.5 Å². The maximum Gasteiger partial charge on any atom is 0.306 e. The number of carboxylic acids is 1. The van der Waals surface area contributed by atoms with E-state index in [1.54, 1.807) is 11.8 Å². The maximum atomic E-state index is 10.5. The molecule has 0 saturated heterocycles. The van der Waals surface area contributed by atoms with E-state index in [0.717, 1.165) is 5.75 Å². The fraction of sp³-hybridized carbons (Fsp3) is 0.857. The first kappa shape index (κ1) is 10.8. The number of carbonyl (C=O) groups is 1. The molecule has 2 N–H and O–H groups in total. The Hall–Kier alpha value is -0.220. The van der Waals surface area contributed by atoms with Crippen molar-refractivity contribution in [3.8, 4) is 0 Å². The third kappa shape index (κ3) is 5.09. The molecular weight excluding hydrogens is 164 g/mol. The van der Waals surface area contributed by atoms with Crippen LogP contribution >= 0.6 is 11.8 Å². The Morgan fingerprint density at radius 3 is 2.55 bits per heavy atom. The maximum absolute atomic E-state index is 10.5. The number of aliphatic hydroxyl groups is 1. The Labute approximate surface area is 70.8 Å². The van der Waals surface area contributed by atoms with Gasteiger partial charge in [-0.1, -0.05) is 0 Å². The number of aliphatic carboxylic acids is 1. The zero-order valence-electron chi connectivity index (χ0n) is 6.62.